The fourth-order valence-electron chi connectivity index (χ4n) is 3.80. The molecule has 0 aliphatic carbocycles. The summed E-state index contributed by atoms with van der Waals surface area (Å²) in [6, 6.07) is 19.2. The van der Waals surface area contributed by atoms with E-state index in [4.69, 9.17) is 9.47 Å². The van der Waals surface area contributed by atoms with Gasteiger partial charge in [0.2, 0.25) is 5.82 Å². The van der Waals surface area contributed by atoms with Crippen LogP contribution in [0.3, 0.4) is 0 Å². The largest absolute Gasteiger partial charge is 0.491 e. The Kier molecular flexibility index (Phi) is 7.74. The highest BCUT2D eigenvalue weighted by atomic mass is 19.2. The fourth-order valence-corrected chi connectivity index (χ4v) is 3.80. The molecule has 0 amide bonds. The quantitative estimate of drug-likeness (QED) is 0.229. The summed E-state index contributed by atoms with van der Waals surface area (Å²) < 4.78 is 68.9. The summed E-state index contributed by atoms with van der Waals surface area (Å²) in [6.45, 7) is 3.61. The maximum atomic E-state index is 14.8. The Morgan fingerprint density at radius 1 is 0.639 bits per heavy atom. The zero-order chi connectivity index (χ0) is 25.7. The minimum Gasteiger partial charge on any atom is -0.491 e. The molecule has 4 aromatic rings. The van der Waals surface area contributed by atoms with Gasteiger partial charge in [-0.2, -0.15) is 4.39 Å². The lowest BCUT2D eigenvalue weighted by Gasteiger charge is -2.12. The van der Waals surface area contributed by atoms with E-state index in [-0.39, 0.29) is 35.7 Å². The molecule has 4 rings (SSSR count). The third-order valence-corrected chi connectivity index (χ3v) is 5.65. The van der Waals surface area contributed by atoms with Gasteiger partial charge in [-0.25, -0.2) is 13.2 Å². The Hall–Kier alpha value is -4.06. The Balaban J connectivity index is 1.47. The predicted octanol–water partition coefficient (Wildman–Crippen LogP) is 8.59. The van der Waals surface area contributed by atoms with E-state index in [0.717, 1.165) is 5.56 Å². The van der Waals surface area contributed by atoms with Gasteiger partial charge < -0.3 is 9.47 Å². The van der Waals surface area contributed by atoms with Crippen molar-refractivity contribution in [2.24, 2.45) is 0 Å². The van der Waals surface area contributed by atoms with Crippen molar-refractivity contribution in [3.63, 3.8) is 0 Å². The van der Waals surface area contributed by atoms with E-state index in [1.165, 1.54) is 24.3 Å². The van der Waals surface area contributed by atoms with Crippen LogP contribution in [0.15, 0.2) is 78.9 Å². The van der Waals surface area contributed by atoms with Gasteiger partial charge in [-0.1, -0.05) is 60.7 Å². The van der Waals surface area contributed by atoms with Crippen molar-refractivity contribution in [3.05, 3.63) is 113 Å². The molecule has 184 valence electrons. The van der Waals surface area contributed by atoms with Gasteiger partial charge in [-0.3, -0.25) is 0 Å². The Morgan fingerprint density at radius 2 is 1.22 bits per heavy atom. The van der Waals surface area contributed by atoms with E-state index >= 15 is 0 Å². The SMILES string of the molecule is C/C=C/c1ccc(-c2ccc(COc3ccc(-c4ccc(OCC)c(F)c4F)cc3)c(F)c2F)cc1. The summed E-state index contributed by atoms with van der Waals surface area (Å²) in [5, 5.41) is 0. The topological polar surface area (TPSA) is 18.5 Å². The highest BCUT2D eigenvalue weighted by Crippen LogP contribution is 2.32. The van der Waals surface area contributed by atoms with E-state index in [0.29, 0.717) is 16.9 Å². The number of allylic oxidation sites excluding steroid dienone is 1. The molecule has 0 aliphatic rings. The highest BCUT2D eigenvalue weighted by Gasteiger charge is 2.17. The minimum atomic E-state index is -1.05. The Labute approximate surface area is 207 Å². The van der Waals surface area contributed by atoms with Crippen LogP contribution in [0, 0.1) is 23.3 Å². The van der Waals surface area contributed by atoms with Crippen molar-refractivity contribution in [2.45, 2.75) is 20.5 Å². The van der Waals surface area contributed by atoms with Crippen LogP contribution >= 0.6 is 0 Å². The molecule has 0 saturated heterocycles. The normalized spacial score (nSPS) is 11.2. The minimum absolute atomic E-state index is 0.0606. The third kappa shape index (κ3) is 5.28. The van der Waals surface area contributed by atoms with Crippen LogP contribution in [0.25, 0.3) is 28.3 Å². The van der Waals surface area contributed by atoms with Gasteiger partial charge in [0, 0.05) is 16.7 Å². The number of halogens is 4. The van der Waals surface area contributed by atoms with Crippen molar-refractivity contribution in [3.8, 4) is 33.8 Å². The Bertz CT molecular complexity index is 1380. The number of benzene rings is 4. The number of ether oxygens (including phenoxy) is 2. The molecule has 0 spiro atoms. The van der Waals surface area contributed by atoms with Gasteiger partial charge in [0.25, 0.3) is 0 Å². The summed E-state index contributed by atoms with van der Waals surface area (Å²) >= 11 is 0. The lowest BCUT2D eigenvalue weighted by Crippen LogP contribution is -2.02. The zero-order valence-corrected chi connectivity index (χ0v) is 19.8. The molecule has 0 heterocycles. The first-order chi connectivity index (χ1) is 17.4. The molecule has 0 saturated carbocycles. The average molecular weight is 493 g/mol. The molecule has 0 atom stereocenters. The van der Waals surface area contributed by atoms with E-state index in [9.17, 15) is 17.6 Å². The lowest BCUT2D eigenvalue weighted by molar-refractivity contribution is 0.297. The maximum Gasteiger partial charge on any atom is 0.201 e. The number of hydrogen-bond donors (Lipinski definition) is 0. The van der Waals surface area contributed by atoms with Gasteiger partial charge in [-0.05, 0) is 54.8 Å². The van der Waals surface area contributed by atoms with E-state index in [2.05, 4.69) is 0 Å². The molecule has 0 radical (unpaired) electrons. The summed E-state index contributed by atoms with van der Waals surface area (Å²) in [5.41, 5.74) is 2.27. The van der Waals surface area contributed by atoms with Gasteiger partial charge >= 0.3 is 0 Å². The van der Waals surface area contributed by atoms with Crippen molar-refractivity contribution < 1.29 is 27.0 Å². The van der Waals surface area contributed by atoms with Crippen molar-refractivity contribution in [2.75, 3.05) is 6.61 Å². The Morgan fingerprint density at radius 3 is 1.83 bits per heavy atom. The van der Waals surface area contributed by atoms with Crippen LogP contribution in [0.1, 0.15) is 25.0 Å². The van der Waals surface area contributed by atoms with E-state index < -0.39 is 23.3 Å². The molecular formula is C30H24F4O2. The molecule has 0 unspecified atom stereocenters. The van der Waals surface area contributed by atoms with Gasteiger partial charge in [0.05, 0.1) is 6.61 Å². The number of hydrogen-bond acceptors (Lipinski definition) is 2. The predicted molar refractivity (Wildman–Crippen MR) is 134 cm³/mol. The summed E-state index contributed by atoms with van der Waals surface area (Å²) in [6.07, 6.45) is 3.82. The molecule has 0 N–H and O–H groups in total. The van der Waals surface area contributed by atoms with Crippen LogP contribution < -0.4 is 9.47 Å². The average Bonchev–Trinajstić information content (AvgIpc) is 2.89. The summed E-state index contributed by atoms with van der Waals surface area (Å²) in [5.74, 6) is -3.77. The van der Waals surface area contributed by atoms with Crippen LogP contribution in [0.5, 0.6) is 11.5 Å². The second-order valence-corrected chi connectivity index (χ2v) is 8.01. The molecule has 2 nitrogen and oxygen atoms in total. The maximum absolute atomic E-state index is 14.8. The molecular weight excluding hydrogens is 468 g/mol. The molecule has 0 aliphatic heterocycles. The molecule has 0 fully saturated rings. The van der Waals surface area contributed by atoms with Crippen LogP contribution in [0.2, 0.25) is 0 Å². The summed E-state index contributed by atoms with van der Waals surface area (Å²) in [4.78, 5) is 0. The lowest BCUT2D eigenvalue weighted by atomic mass is 10.0. The molecule has 36 heavy (non-hydrogen) atoms. The van der Waals surface area contributed by atoms with Gasteiger partial charge in [0.1, 0.15) is 12.4 Å². The van der Waals surface area contributed by atoms with E-state index in [1.54, 1.807) is 43.3 Å². The van der Waals surface area contributed by atoms with Gasteiger partial charge in [-0.15, -0.1) is 0 Å². The first kappa shape index (κ1) is 25.0. The highest BCUT2D eigenvalue weighted by molar-refractivity contribution is 5.67. The third-order valence-electron chi connectivity index (χ3n) is 5.65. The first-order valence-corrected chi connectivity index (χ1v) is 11.5. The molecule has 0 bridgehead atoms. The second kappa shape index (κ2) is 11.1. The molecule has 6 heteroatoms. The zero-order valence-electron chi connectivity index (χ0n) is 19.8. The molecule has 0 aromatic heterocycles. The fraction of sp³-hybridized carbons (Fsp3) is 0.133. The second-order valence-electron chi connectivity index (χ2n) is 8.01. The number of rotatable bonds is 8. The first-order valence-electron chi connectivity index (χ1n) is 11.5. The smallest absolute Gasteiger partial charge is 0.201 e. The van der Waals surface area contributed by atoms with Crippen molar-refractivity contribution in [1.29, 1.82) is 0 Å². The summed E-state index contributed by atoms with van der Waals surface area (Å²) in [7, 11) is 0. The standard InChI is InChI=1S/C30H24F4O2/c1-3-5-19-6-8-20(9-7-19)24-15-12-22(27(31)28(24)32)18-36-23-13-10-21(11-14-23)25-16-17-26(35-4-2)30(34)29(25)33/h3,5-17H,4,18H2,1-2H3/b5-3+. The van der Waals surface area contributed by atoms with Crippen LogP contribution in [0.4, 0.5) is 17.6 Å². The molecule has 4 aromatic carbocycles. The van der Waals surface area contributed by atoms with Gasteiger partial charge in [0.15, 0.2) is 23.2 Å². The van der Waals surface area contributed by atoms with Crippen LogP contribution in [-0.4, -0.2) is 6.61 Å². The van der Waals surface area contributed by atoms with Crippen molar-refractivity contribution in [1.82, 2.24) is 0 Å². The van der Waals surface area contributed by atoms with Crippen LogP contribution in [-0.2, 0) is 6.61 Å². The van der Waals surface area contributed by atoms with Crippen molar-refractivity contribution >= 4 is 6.08 Å². The van der Waals surface area contributed by atoms with E-state index in [1.807, 2.05) is 31.2 Å². The monoisotopic (exact) mass is 492 g/mol.